The molecular weight excluding hydrogens is 314 g/mol. The largest absolute Gasteiger partial charge is 0.384 e. The molecule has 0 saturated heterocycles. The molecule has 136 valence electrons. The Morgan fingerprint density at radius 3 is 2.64 bits per heavy atom. The lowest BCUT2D eigenvalue weighted by atomic mass is 9.85. The quantitative estimate of drug-likeness (QED) is 0.608. The van der Waals surface area contributed by atoms with Crippen molar-refractivity contribution in [2.75, 3.05) is 11.9 Å². The molecule has 2 heterocycles. The maximum Gasteiger partial charge on any atom is 0.132 e. The lowest BCUT2D eigenvalue weighted by molar-refractivity contribution is 0.0216. The number of hydrogen-bond acceptors (Lipinski definition) is 4. The second-order valence-electron chi connectivity index (χ2n) is 6.97. The summed E-state index contributed by atoms with van der Waals surface area (Å²) in [5.41, 5.74) is 9.74. The van der Waals surface area contributed by atoms with Crippen LogP contribution in [-0.2, 0) is 6.54 Å². The van der Waals surface area contributed by atoms with Crippen LogP contribution in [0.3, 0.4) is 0 Å². The van der Waals surface area contributed by atoms with E-state index in [9.17, 15) is 10.2 Å². The molecule has 0 amide bonds. The SMILES string of the molecule is CCC[C@@H]1CCNc2c1c([C@H](O)[C@H](N)O)c(C)n2Cc1ccccc1. The van der Waals surface area contributed by atoms with Gasteiger partial charge in [-0.25, -0.2) is 0 Å². The highest BCUT2D eigenvalue weighted by Gasteiger charge is 2.33. The van der Waals surface area contributed by atoms with E-state index in [1.165, 1.54) is 5.56 Å². The topological polar surface area (TPSA) is 83.4 Å². The van der Waals surface area contributed by atoms with Crippen LogP contribution >= 0.6 is 0 Å². The molecule has 0 saturated carbocycles. The fourth-order valence-corrected chi connectivity index (χ4v) is 4.04. The molecular formula is C20H29N3O2. The van der Waals surface area contributed by atoms with Gasteiger partial charge in [0.1, 0.15) is 18.1 Å². The zero-order valence-electron chi connectivity index (χ0n) is 15.1. The smallest absolute Gasteiger partial charge is 0.132 e. The predicted molar refractivity (Wildman–Crippen MR) is 101 cm³/mol. The van der Waals surface area contributed by atoms with E-state index in [1.807, 2.05) is 25.1 Å². The molecule has 25 heavy (non-hydrogen) atoms. The van der Waals surface area contributed by atoms with Crippen LogP contribution in [0.4, 0.5) is 5.82 Å². The Morgan fingerprint density at radius 2 is 2.00 bits per heavy atom. The van der Waals surface area contributed by atoms with Gasteiger partial charge in [0.2, 0.25) is 0 Å². The van der Waals surface area contributed by atoms with Crippen LogP contribution in [-0.4, -0.2) is 27.6 Å². The van der Waals surface area contributed by atoms with Crippen molar-refractivity contribution < 1.29 is 10.2 Å². The van der Waals surface area contributed by atoms with E-state index in [0.717, 1.165) is 55.0 Å². The van der Waals surface area contributed by atoms with E-state index in [-0.39, 0.29) is 0 Å². The summed E-state index contributed by atoms with van der Waals surface area (Å²) in [4.78, 5) is 0. The van der Waals surface area contributed by atoms with E-state index in [0.29, 0.717) is 5.92 Å². The summed E-state index contributed by atoms with van der Waals surface area (Å²) < 4.78 is 2.22. The molecule has 0 aliphatic carbocycles. The maximum absolute atomic E-state index is 10.6. The molecule has 0 radical (unpaired) electrons. The first-order chi connectivity index (χ1) is 12.0. The number of hydrogen-bond donors (Lipinski definition) is 4. The van der Waals surface area contributed by atoms with E-state index in [4.69, 9.17) is 5.73 Å². The average molecular weight is 343 g/mol. The Bertz CT molecular complexity index is 709. The van der Waals surface area contributed by atoms with Gasteiger partial charge in [-0.3, -0.25) is 0 Å². The van der Waals surface area contributed by atoms with Crippen LogP contribution in [0.25, 0.3) is 0 Å². The van der Waals surface area contributed by atoms with Crippen LogP contribution in [0.5, 0.6) is 0 Å². The van der Waals surface area contributed by atoms with E-state index in [2.05, 4.69) is 28.9 Å². The first kappa shape index (κ1) is 18.0. The molecule has 1 aromatic carbocycles. The molecule has 0 unspecified atom stereocenters. The first-order valence-electron chi connectivity index (χ1n) is 9.17. The zero-order chi connectivity index (χ0) is 18.0. The van der Waals surface area contributed by atoms with Crippen molar-refractivity contribution in [3.63, 3.8) is 0 Å². The van der Waals surface area contributed by atoms with Gasteiger partial charge in [-0.05, 0) is 31.2 Å². The van der Waals surface area contributed by atoms with Crippen molar-refractivity contribution in [2.24, 2.45) is 5.73 Å². The monoisotopic (exact) mass is 343 g/mol. The molecule has 0 bridgehead atoms. The second kappa shape index (κ2) is 7.60. The van der Waals surface area contributed by atoms with E-state index in [1.54, 1.807) is 0 Å². The van der Waals surface area contributed by atoms with Crippen molar-refractivity contribution in [3.05, 3.63) is 52.7 Å². The lowest BCUT2D eigenvalue weighted by Crippen LogP contribution is -2.29. The van der Waals surface area contributed by atoms with Gasteiger partial charge >= 0.3 is 0 Å². The maximum atomic E-state index is 10.6. The number of nitrogens with one attached hydrogen (secondary N) is 1. The number of aliphatic hydroxyl groups is 2. The molecule has 5 nitrogen and oxygen atoms in total. The number of aliphatic hydroxyl groups excluding tert-OH is 2. The third kappa shape index (κ3) is 3.45. The van der Waals surface area contributed by atoms with Gasteiger partial charge in [-0.15, -0.1) is 0 Å². The summed E-state index contributed by atoms with van der Waals surface area (Å²) in [6.45, 7) is 5.85. The van der Waals surface area contributed by atoms with Crippen molar-refractivity contribution in [1.82, 2.24) is 4.57 Å². The van der Waals surface area contributed by atoms with Gasteiger partial charge in [0.25, 0.3) is 0 Å². The molecule has 3 rings (SSSR count). The standard InChI is InChI=1S/C20H29N3O2/c1-3-7-15-10-11-22-20-17(15)16(18(24)19(21)25)13(2)23(20)12-14-8-5-4-6-9-14/h4-6,8-9,15,18-19,22,24-25H,3,7,10-12,21H2,1-2H3/t15-,18+,19-/m1/s1. The normalized spacial score (nSPS) is 19.2. The Kier molecular flexibility index (Phi) is 5.47. The second-order valence-corrected chi connectivity index (χ2v) is 6.97. The number of benzene rings is 1. The van der Waals surface area contributed by atoms with Gasteiger partial charge < -0.3 is 25.8 Å². The molecule has 5 heteroatoms. The number of fused-ring (bicyclic) bond motifs is 1. The van der Waals surface area contributed by atoms with Gasteiger partial charge in [0.15, 0.2) is 0 Å². The average Bonchev–Trinajstić information content (AvgIpc) is 2.88. The van der Waals surface area contributed by atoms with Crippen LogP contribution in [0.15, 0.2) is 30.3 Å². The summed E-state index contributed by atoms with van der Waals surface area (Å²) in [6.07, 6.45) is 0.859. The van der Waals surface area contributed by atoms with Crippen LogP contribution in [0, 0.1) is 6.92 Å². The molecule has 1 aliphatic heterocycles. The van der Waals surface area contributed by atoms with E-state index < -0.39 is 12.3 Å². The number of nitrogens with zero attached hydrogens (tertiary/aromatic N) is 1. The highest BCUT2D eigenvalue weighted by Crippen LogP contribution is 2.43. The third-order valence-electron chi connectivity index (χ3n) is 5.24. The van der Waals surface area contributed by atoms with Gasteiger partial charge in [0, 0.05) is 29.9 Å². The number of nitrogens with two attached hydrogens (primary N) is 1. The third-order valence-corrected chi connectivity index (χ3v) is 5.24. The predicted octanol–water partition coefficient (Wildman–Crippen LogP) is 2.85. The van der Waals surface area contributed by atoms with Crippen molar-refractivity contribution in [2.45, 2.75) is 57.9 Å². The van der Waals surface area contributed by atoms with Crippen LogP contribution in [0.2, 0.25) is 0 Å². The highest BCUT2D eigenvalue weighted by molar-refractivity contribution is 5.59. The van der Waals surface area contributed by atoms with Gasteiger partial charge in [-0.1, -0.05) is 43.7 Å². The minimum absolute atomic E-state index is 0.389. The highest BCUT2D eigenvalue weighted by atomic mass is 16.3. The van der Waals surface area contributed by atoms with Gasteiger partial charge in [0.05, 0.1) is 0 Å². The number of anilines is 1. The molecule has 1 aromatic heterocycles. The molecule has 3 atom stereocenters. The molecule has 2 aromatic rings. The van der Waals surface area contributed by atoms with E-state index >= 15 is 0 Å². The molecule has 1 aliphatic rings. The minimum Gasteiger partial charge on any atom is -0.384 e. The molecule has 5 N–H and O–H groups in total. The Labute approximate surface area is 149 Å². The summed E-state index contributed by atoms with van der Waals surface area (Å²) >= 11 is 0. The fraction of sp³-hybridized carbons (Fsp3) is 0.500. The Hall–Kier alpha value is -1.82. The van der Waals surface area contributed by atoms with Crippen molar-refractivity contribution in [3.8, 4) is 0 Å². The molecule has 0 fully saturated rings. The number of aromatic nitrogens is 1. The first-order valence-corrected chi connectivity index (χ1v) is 9.17. The fourth-order valence-electron chi connectivity index (χ4n) is 4.04. The summed E-state index contributed by atoms with van der Waals surface area (Å²) in [7, 11) is 0. The summed E-state index contributed by atoms with van der Waals surface area (Å²) in [5.74, 6) is 1.46. The van der Waals surface area contributed by atoms with Crippen molar-refractivity contribution in [1.29, 1.82) is 0 Å². The van der Waals surface area contributed by atoms with Crippen LogP contribution < -0.4 is 11.1 Å². The zero-order valence-corrected chi connectivity index (χ0v) is 15.1. The Morgan fingerprint density at radius 1 is 1.28 bits per heavy atom. The van der Waals surface area contributed by atoms with Crippen LogP contribution in [0.1, 0.15) is 60.6 Å². The lowest BCUT2D eigenvalue weighted by Gasteiger charge is -2.27. The molecule has 0 spiro atoms. The Balaban J connectivity index is 2.11. The number of rotatable bonds is 6. The van der Waals surface area contributed by atoms with Gasteiger partial charge in [-0.2, -0.15) is 0 Å². The van der Waals surface area contributed by atoms with Crippen molar-refractivity contribution >= 4 is 5.82 Å². The minimum atomic E-state index is -1.28. The summed E-state index contributed by atoms with van der Waals surface area (Å²) in [6, 6.07) is 10.3. The summed E-state index contributed by atoms with van der Waals surface area (Å²) in [5, 5.41) is 23.9.